The van der Waals surface area contributed by atoms with Gasteiger partial charge in [-0.25, -0.2) is 9.07 Å². The summed E-state index contributed by atoms with van der Waals surface area (Å²) in [7, 11) is 0. The molecule has 10 nitrogen and oxygen atoms in total. The van der Waals surface area contributed by atoms with E-state index in [-0.39, 0.29) is 22.9 Å². The average Bonchev–Trinajstić information content (AvgIpc) is 3.42. The number of hydrogen-bond donors (Lipinski definition) is 1. The number of hydrogen-bond acceptors (Lipinski definition) is 7. The number of benzene rings is 2. The molecule has 5 rings (SSSR count). The molecule has 1 aromatic heterocycles. The number of rotatable bonds is 10. The van der Waals surface area contributed by atoms with Crippen LogP contribution < -0.4 is 5.32 Å². The van der Waals surface area contributed by atoms with Crippen molar-refractivity contribution in [3.8, 4) is 5.69 Å². The highest BCUT2D eigenvalue weighted by Crippen LogP contribution is 2.23. The van der Waals surface area contributed by atoms with E-state index in [1.165, 1.54) is 29.1 Å². The molecule has 2 aromatic carbocycles. The van der Waals surface area contributed by atoms with Crippen LogP contribution in [0.25, 0.3) is 5.69 Å². The number of ether oxygens (including phenoxy) is 2. The average molecular weight is 551 g/mol. The Morgan fingerprint density at radius 1 is 0.825 bits per heavy atom. The van der Waals surface area contributed by atoms with Crippen LogP contribution in [0, 0.1) is 5.82 Å². The van der Waals surface area contributed by atoms with Crippen molar-refractivity contribution in [1.29, 1.82) is 0 Å². The third kappa shape index (κ3) is 6.92. The van der Waals surface area contributed by atoms with E-state index >= 15 is 0 Å². The molecule has 3 aromatic rings. The van der Waals surface area contributed by atoms with Crippen molar-refractivity contribution in [1.82, 2.24) is 24.5 Å². The first-order chi connectivity index (χ1) is 19.6. The zero-order valence-electron chi connectivity index (χ0n) is 22.5. The molecular formula is C29H35FN6O4. The molecule has 2 amide bonds. The van der Waals surface area contributed by atoms with Gasteiger partial charge >= 0.3 is 0 Å². The number of para-hydroxylation sites is 1. The number of aromatic nitrogens is 2. The summed E-state index contributed by atoms with van der Waals surface area (Å²) in [5.74, 6) is -1.34. The van der Waals surface area contributed by atoms with Crippen molar-refractivity contribution in [3.63, 3.8) is 0 Å². The molecule has 2 aliphatic heterocycles. The standard InChI is InChI=1S/C29H35FN6O4/c30-26-9-5-4-8-24(26)28(37)32-27-25(22-31-36(27)23-6-2-1-3-7-23)29(38)35(12-10-33-14-18-39-19-15-33)13-11-34-16-20-40-21-17-34/h1-9,22H,10-21H2,(H,32,37). The first-order valence-corrected chi connectivity index (χ1v) is 13.7. The lowest BCUT2D eigenvalue weighted by molar-refractivity contribution is 0.0251. The van der Waals surface area contributed by atoms with Crippen molar-refractivity contribution < 1.29 is 23.5 Å². The van der Waals surface area contributed by atoms with Gasteiger partial charge in [0, 0.05) is 52.4 Å². The lowest BCUT2D eigenvalue weighted by atomic mass is 10.2. The minimum absolute atomic E-state index is 0.113. The second kappa shape index (κ2) is 13.6. The number of nitrogens with zero attached hydrogens (tertiary/aromatic N) is 5. The normalized spacial score (nSPS) is 16.5. The van der Waals surface area contributed by atoms with Crippen molar-refractivity contribution in [2.24, 2.45) is 0 Å². The predicted molar refractivity (Wildman–Crippen MR) is 148 cm³/mol. The fourth-order valence-electron chi connectivity index (χ4n) is 4.87. The fourth-order valence-corrected chi connectivity index (χ4v) is 4.87. The number of anilines is 1. The second-order valence-electron chi connectivity index (χ2n) is 9.79. The number of carbonyl (C=O) groups excluding carboxylic acids is 2. The van der Waals surface area contributed by atoms with Crippen molar-refractivity contribution in [2.75, 3.05) is 84.1 Å². The Labute approximate surface area is 233 Å². The number of nitrogens with one attached hydrogen (secondary N) is 1. The van der Waals surface area contributed by atoms with Crippen LogP contribution >= 0.6 is 0 Å². The molecule has 0 saturated carbocycles. The van der Waals surface area contributed by atoms with Crippen LogP contribution in [0.2, 0.25) is 0 Å². The van der Waals surface area contributed by atoms with Crippen LogP contribution in [-0.4, -0.2) is 115 Å². The molecule has 11 heteroatoms. The summed E-state index contributed by atoms with van der Waals surface area (Å²) in [5, 5.41) is 7.25. The Hall–Kier alpha value is -3.64. The highest BCUT2D eigenvalue weighted by Gasteiger charge is 2.27. The molecule has 40 heavy (non-hydrogen) atoms. The maximum atomic E-state index is 14.4. The second-order valence-corrected chi connectivity index (χ2v) is 9.79. The maximum Gasteiger partial charge on any atom is 0.259 e. The van der Waals surface area contributed by atoms with Gasteiger partial charge in [0.25, 0.3) is 11.8 Å². The van der Waals surface area contributed by atoms with E-state index in [0.29, 0.717) is 58.3 Å². The summed E-state index contributed by atoms with van der Waals surface area (Å²) < 4.78 is 26.9. The SMILES string of the molecule is O=C(Nc1c(C(=O)N(CCN2CCOCC2)CCN2CCOCC2)cnn1-c1ccccc1)c1ccccc1F. The Bertz CT molecular complexity index is 1250. The molecule has 0 unspecified atom stereocenters. The molecule has 0 spiro atoms. The van der Waals surface area contributed by atoms with Gasteiger partial charge in [-0.05, 0) is 24.3 Å². The van der Waals surface area contributed by atoms with Crippen molar-refractivity contribution in [3.05, 3.63) is 77.7 Å². The minimum Gasteiger partial charge on any atom is -0.379 e. The first-order valence-electron chi connectivity index (χ1n) is 13.7. The van der Waals surface area contributed by atoms with Gasteiger partial charge in [0.2, 0.25) is 0 Å². The Balaban J connectivity index is 1.42. The molecule has 3 heterocycles. The van der Waals surface area contributed by atoms with Crippen LogP contribution in [0.3, 0.4) is 0 Å². The highest BCUT2D eigenvalue weighted by molar-refractivity contribution is 6.08. The number of amides is 2. The van der Waals surface area contributed by atoms with Crippen LogP contribution in [0.5, 0.6) is 0 Å². The summed E-state index contributed by atoms with van der Waals surface area (Å²) in [6.07, 6.45) is 1.47. The molecule has 212 valence electrons. The molecule has 2 fully saturated rings. The minimum atomic E-state index is -0.655. The van der Waals surface area contributed by atoms with Gasteiger partial charge in [-0.3, -0.25) is 19.4 Å². The smallest absolute Gasteiger partial charge is 0.259 e. The zero-order valence-corrected chi connectivity index (χ0v) is 22.5. The molecule has 0 atom stereocenters. The van der Waals surface area contributed by atoms with Gasteiger partial charge in [0.05, 0.1) is 43.9 Å². The van der Waals surface area contributed by atoms with Crippen molar-refractivity contribution in [2.45, 2.75) is 0 Å². The van der Waals surface area contributed by atoms with Crippen LogP contribution in [0.1, 0.15) is 20.7 Å². The van der Waals surface area contributed by atoms with E-state index in [4.69, 9.17) is 9.47 Å². The van der Waals surface area contributed by atoms with Crippen LogP contribution in [0.15, 0.2) is 60.8 Å². The van der Waals surface area contributed by atoms with Gasteiger partial charge in [0.15, 0.2) is 0 Å². The summed E-state index contributed by atoms with van der Waals surface area (Å²) in [5.41, 5.74) is 0.800. The number of halogens is 1. The third-order valence-electron chi connectivity index (χ3n) is 7.22. The fraction of sp³-hybridized carbons (Fsp3) is 0.414. The number of morpholine rings is 2. The lowest BCUT2D eigenvalue weighted by Gasteiger charge is -2.32. The van der Waals surface area contributed by atoms with E-state index in [1.54, 1.807) is 6.07 Å². The summed E-state index contributed by atoms with van der Waals surface area (Å²) in [6, 6.07) is 15.0. The summed E-state index contributed by atoms with van der Waals surface area (Å²) in [4.78, 5) is 33.7. The van der Waals surface area contributed by atoms with Gasteiger partial charge in [-0.2, -0.15) is 5.10 Å². The van der Waals surface area contributed by atoms with Gasteiger partial charge in [-0.1, -0.05) is 30.3 Å². The van der Waals surface area contributed by atoms with Gasteiger partial charge in [0.1, 0.15) is 17.2 Å². The number of carbonyl (C=O) groups is 2. The predicted octanol–water partition coefficient (Wildman–Crippen LogP) is 2.37. The lowest BCUT2D eigenvalue weighted by Crippen LogP contribution is -2.46. The van der Waals surface area contributed by atoms with Gasteiger partial charge in [-0.15, -0.1) is 0 Å². The van der Waals surface area contributed by atoms with Crippen LogP contribution in [0.4, 0.5) is 10.2 Å². The quantitative estimate of drug-likeness (QED) is 0.415. The van der Waals surface area contributed by atoms with E-state index in [9.17, 15) is 14.0 Å². The van der Waals surface area contributed by atoms with E-state index < -0.39 is 11.7 Å². The molecule has 0 radical (unpaired) electrons. The van der Waals surface area contributed by atoms with E-state index in [2.05, 4.69) is 20.2 Å². The molecule has 0 bridgehead atoms. The summed E-state index contributed by atoms with van der Waals surface area (Å²) in [6.45, 7) is 8.45. The zero-order chi connectivity index (χ0) is 27.7. The topological polar surface area (TPSA) is 92.2 Å². The van der Waals surface area contributed by atoms with Gasteiger partial charge < -0.3 is 19.7 Å². The Kier molecular flexibility index (Phi) is 9.50. The van der Waals surface area contributed by atoms with Crippen molar-refractivity contribution >= 4 is 17.6 Å². The van der Waals surface area contributed by atoms with E-state index in [1.807, 2.05) is 35.2 Å². The molecular weight excluding hydrogens is 515 g/mol. The third-order valence-corrected chi connectivity index (χ3v) is 7.22. The first kappa shape index (κ1) is 27.9. The Morgan fingerprint density at radius 2 is 1.40 bits per heavy atom. The van der Waals surface area contributed by atoms with Crippen LogP contribution in [-0.2, 0) is 9.47 Å². The molecule has 0 aliphatic carbocycles. The van der Waals surface area contributed by atoms with E-state index in [0.717, 1.165) is 26.2 Å². The molecule has 1 N–H and O–H groups in total. The maximum absolute atomic E-state index is 14.4. The Morgan fingerprint density at radius 3 is 2.00 bits per heavy atom. The largest absolute Gasteiger partial charge is 0.379 e. The summed E-state index contributed by atoms with van der Waals surface area (Å²) >= 11 is 0. The molecule has 2 saturated heterocycles. The highest BCUT2D eigenvalue weighted by atomic mass is 19.1. The molecule has 2 aliphatic rings. The monoisotopic (exact) mass is 550 g/mol.